The van der Waals surface area contributed by atoms with Crippen LogP contribution in [0.1, 0.15) is 22.3 Å². The highest BCUT2D eigenvalue weighted by molar-refractivity contribution is 6.16. The zero-order valence-electron chi connectivity index (χ0n) is 30.1. The van der Waals surface area contributed by atoms with Crippen LogP contribution in [0.15, 0.2) is 194 Å². The molecule has 0 fully saturated rings. The first-order valence-corrected chi connectivity index (χ1v) is 18.9. The van der Waals surface area contributed by atoms with Crippen molar-refractivity contribution in [2.75, 3.05) is 11.5 Å². The molecule has 0 aliphatic heterocycles. The average Bonchev–Trinajstić information content (AvgIpc) is 3.71. The number of anilines is 2. The van der Waals surface area contributed by atoms with Gasteiger partial charge in [0.2, 0.25) is 0 Å². The molecule has 11 rings (SSSR count). The Labute approximate surface area is 321 Å². The number of hydrogen-bond donors (Lipinski definition) is 2. The highest BCUT2D eigenvalue weighted by Crippen LogP contribution is 2.69. The van der Waals surface area contributed by atoms with E-state index in [-0.39, 0.29) is 0 Å². The Hall–Kier alpha value is -7.16. The van der Waals surface area contributed by atoms with Gasteiger partial charge in [0.15, 0.2) is 0 Å². The summed E-state index contributed by atoms with van der Waals surface area (Å²) in [5, 5.41) is 2.21. The van der Waals surface area contributed by atoms with Crippen LogP contribution in [0.4, 0.5) is 11.4 Å². The van der Waals surface area contributed by atoms with Gasteiger partial charge in [0.05, 0.1) is 5.41 Å². The van der Waals surface area contributed by atoms with Crippen molar-refractivity contribution in [3.63, 3.8) is 0 Å². The van der Waals surface area contributed by atoms with E-state index in [0.29, 0.717) is 0 Å². The molecule has 0 amide bonds. The average molecular weight is 701 g/mol. The van der Waals surface area contributed by atoms with Crippen molar-refractivity contribution >= 4 is 22.1 Å². The maximum atomic E-state index is 7.15. The molecule has 9 aromatic carbocycles. The third-order valence-corrected chi connectivity index (χ3v) is 11.9. The summed E-state index contributed by atoms with van der Waals surface area (Å²) in [4.78, 5) is 0. The fraction of sp³-hybridized carbons (Fsp3) is 0.0189. The molecule has 2 aliphatic carbocycles. The second kappa shape index (κ2) is 11.9. The molecule has 1 unspecified atom stereocenters. The van der Waals surface area contributed by atoms with Crippen LogP contribution in [0.3, 0.4) is 0 Å². The zero-order valence-corrected chi connectivity index (χ0v) is 30.1. The summed E-state index contributed by atoms with van der Waals surface area (Å²) in [6, 6.07) is 70.3. The maximum absolute atomic E-state index is 7.15. The van der Waals surface area contributed by atoms with Crippen molar-refractivity contribution < 1.29 is 0 Å². The summed E-state index contributed by atoms with van der Waals surface area (Å²) < 4.78 is 0. The molecule has 258 valence electrons. The molecule has 0 radical (unpaired) electrons. The molecule has 1 atom stereocenters. The minimum atomic E-state index is -0.739. The first-order chi connectivity index (χ1) is 27.2. The Morgan fingerprint density at radius 3 is 1.36 bits per heavy atom. The van der Waals surface area contributed by atoms with Crippen LogP contribution < -0.4 is 11.5 Å². The van der Waals surface area contributed by atoms with Crippen molar-refractivity contribution in [2.45, 2.75) is 5.41 Å². The second-order valence-electron chi connectivity index (χ2n) is 14.7. The predicted octanol–water partition coefficient (Wildman–Crippen LogP) is 13.0. The van der Waals surface area contributed by atoms with Gasteiger partial charge < -0.3 is 11.5 Å². The standard InChI is InChI=1S/C53H36N2/c54-37-29-30-41-43(31-37)53(44-32-45(55)38-25-13-14-26-39(38)50(41)44)42-28-16-15-27-40(42)51-48(35-21-9-3-10-22-35)46(33-17-5-1-6-18-33)47(34-19-7-2-8-20-34)49(52(51)53)36-23-11-4-12-24-36/h1-32H,54-55H2. The molecule has 0 aromatic heterocycles. The summed E-state index contributed by atoms with van der Waals surface area (Å²) in [6.45, 7) is 0. The van der Waals surface area contributed by atoms with Gasteiger partial charge in [-0.05, 0) is 113 Å². The summed E-state index contributed by atoms with van der Waals surface area (Å²) >= 11 is 0. The molecular weight excluding hydrogens is 665 g/mol. The van der Waals surface area contributed by atoms with Crippen molar-refractivity contribution in [2.24, 2.45) is 0 Å². The van der Waals surface area contributed by atoms with Gasteiger partial charge in [-0.3, -0.25) is 0 Å². The van der Waals surface area contributed by atoms with Crippen molar-refractivity contribution in [3.05, 3.63) is 216 Å². The fourth-order valence-electron chi connectivity index (χ4n) is 9.92. The van der Waals surface area contributed by atoms with Crippen LogP contribution in [-0.2, 0) is 5.41 Å². The van der Waals surface area contributed by atoms with E-state index in [0.717, 1.165) is 33.3 Å². The lowest BCUT2D eigenvalue weighted by Crippen LogP contribution is -2.27. The zero-order chi connectivity index (χ0) is 36.7. The highest BCUT2D eigenvalue weighted by atomic mass is 14.6. The largest absolute Gasteiger partial charge is 0.399 e. The van der Waals surface area contributed by atoms with Crippen LogP contribution in [-0.4, -0.2) is 0 Å². The molecule has 2 aliphatic rings. The van der Waals surface area contributed by atoms with Crippen LogP contribution in [0, 0.1) is 0 Å². The molecular formula is C53H36N2. The molecule has 0 saturated heterocycles. The van der Waals surface area contributed by atoms with Gasteiger partial charge >= 0.3 is 0 Å². The van der Waals surface area contributed by atoms with E-state index >= 15 is 0 Å². The third kappa shape index (κ3) is 4.31. The predicted molar refractivity (Wildman–Crippen MR) is 231 cm³/mol. The molecule has 2 heteroatoms. The lowest BCUT2D eigenvalue weighted by Gasteiger charge is -2.35. The first-order valence-electron chi connectivity index (χ1n) is 18.9. The van der Waals surface area contributed by atoms with Crippen molar-refractivity contribution in [1.29, 1.82) is 0 Å². The topological polar surface area (TPSA) is 52.0 Å². The molecule has 9 aromatic rings. The van der Waals surface area contributed by atoms with Gasteiger partial charge in [-0.25, -0.2) is 0 Å². The highest BCUT2D eigenvalue weighted by Gasteiger charge is 2.55. The maximum Gasteiger partial charge on any atom is 0.0733 e. The van der Waals surface area contributed by atoms with Gasteiger partial charge in [0.25, 0.3) is 0 Å². The second-order valence-corrected chi connectivity index (χ2v) is 14.7. The van der Waals surface area contributed by atoms with E-state index in [1.54, 1.807) is 0 Å². The fourth-order valence-corrected chi connectivity index (χ4v) is 9.92. The monoisotopic (exact) mass is 700 g/mol. The molecule has 55 heavy (non-hydrogen) atoms. The quantitative estimate of drug-likeness (QED) is 0.180. The Morgan fingerprint density at radius 1 is 0.309 bits per heavy atom. The normalized spacial score (nSPS) is 14.8. The van der Waals surface area contributed by atoms with Gasteiger partial charge in [0.1, 0.15) is 0 Å². The Bertz CT molecular complexity index is 2970. The molecule has 0 bridgehead atoms. The first kappa shape index (κ1) is 31.4. The van der Waals surface area contributed by atoms with E-state index in [9.17, 15) is 0 Å². The number of hydrogen-bond acceptors (Lipinski definition) is 2. The summed E-state index contributed by atoms with van der Waals surface area (Å²) in [5.74, 6) is 0. The van der Waals surface area contributed by atoms with Gasteiger partial charge in [-0.1, -0.05) is 176 Å². The molecule has 2 nitrogen and oxygen atoms in total. The number of benzene rings is 9. The van der Waals surface area contributed by atoms with E-state index in [2.05, 4.69) is 194 Å². The number of fused-ring (bicyclic) bond motifs is 12. The van der Waals surface area contributed by atoms with Crippen molar-refractivity contribution in [1.82, 2.24) is 0 Å². The minimum Gasteiger partial charge on any atom is -0.399 e. The van der Waals surface area contributed by atoms with Gasteiger partial charge in [-0.15, -0.1) is 0 Å². The van der Waals surface area contributed by atoms with Crippen molar-refractivity contribution in [3.8, 4) is 66.8 Å². The van der Waals surface area contributed by atoms with E-state index in [1.165, 1.54) is 77.9 Å². The number of nitrogens with two attached hydrogens (primary N) is 2. The molecule has 1 spiro atoms. The van der Waals surface area contributed by atoms with Crippen LogP contribution in [0.25, 0.3) is 77.5 Å². The molecule has 0 saturated carbocycles. The summed E-state index contributed by atoms with van der Waals surface area (Å²) in [6.07, 6.45) is 0. The van der Waals surface area contributed by atoms with E-state index in [4.69, 9.17) is 11.5 Å². The Kier molecular flexibility index (Phi) is 6.80. The summed E-state index contributed by atoms with van der Waals surface area (Å²) in [7, 11) is 0. The SMILES string of the molecule is Nc1ccc2c(c1)C1(c3ccccc3-c3c(-c4ccccc4)c(-c4ccccc4)c(-c4ccccc4)c(-c4ccccc4)c31)c1cc(N)c3ccccc3c1-2. The Morgan fingerprint density at radius 2 is 0.764 bits per heavy atom. The lowest BCUT2D eigenvalue weighted by atomic mass is 9.66. The Balaban J connectivity index is 1.48. The minimum absolute atomic E-state index is 0.739. The van der Waals surface area contributed by atoms with Gasteiger partial charge in [-0.2, -0.15) is 0 Å². The number of nitrogen functional groups attached to an aromatic ring is 2. The van der Waals surface area contributed by atoms with Gasteiger partial charge in [0, 0.05) is 16.8 Å². The van der Waals surface area contributed by atoms with E-state index in [1.807, 2.05) is 0 Å². The van der Waals surface area contributed by atoms with Crippen LogP contribution in [0.2, 0.25) is 0 Å². The van der Waals surface area contributed by atoms with Crippen LogP contribution in [0.5, 0.6) is 0 Å². The summed E-state index contributed by atoms with van der Waals surface area (Å²) in [5.41, 5.74) is 34.1. The third-order valence-electron chi connectivity index (χ3n) is 11.9. The molecule has 0 heterocycles. The van der Waals surface area contributed by atoms with Crippen LogP contribution >= 0.6 is 0 Å². The lowest BCUT2D eigenvalue weighted by molar-refractivity contribution is 0.797. The smallest absolute Gasteiger partial charge is 0.0733 e. The number of rotatable bonds is 4. The van der Waals surface area contributed by atoms with E-state index < -0.39 is 5.41 Å². The molecule has 4 N–H and O–H groups in total.